The van der Waals surface area contributed by atoms with Crippen molar-refractivity contribution in [1.29, 1.82) is 0 Å². The molecule has 0 spiro atoms. The van der Waals surface area contributed by atoms with E-state index in [1.165, 1.54) is 6.42 Å². The van der Waals surface area contributed by atoms with Crippen LogP contribution >= 0.6 is 0 Å². The minimum absolute atomic E-state index is 0.00423. The van der Waals surface area contributed by atoms with E-state index in [-0.39, 0.29) is 17.4 Å². The highest BCUT2D eigenvalue weighted by Gasteiger charge is 2.40. The Morgan fingerprint density at radius 1 is 1.14 bits per heavy atom. The number of rotatable bonds is 5. The van der Waals surface area contributed by atoms with Gasteiger partial charge in [-0.05, 0) is 43.8 Å². The van der Waals surface area contributed by atoms with Gasteiger partial charge in [-0.2, -0.15) is 0 Å². The summed E-state index contributed by atoms with van der Waals surface area (Å²) in [6, 6.07) is 0. The van der Waals surface area contributed by atoms with Gasteiger partial charge in [-0.3, -0.25) is 0 Å². The molecule has 2 aliphatic rings. The fourth-order valence-corrected chi connectivity index (χ4v) is 4.10. The van der Waals surface area contributed by atoms with Gasteiger partial charge in [-0.25, -0.2) is 0 Å². The number of hydrogen-bond acceptors (Lipinski definition) is 4. The summed E-state index contributed by atoms with van der Waals surface area (Å²) in [6.07, 6.45) is 4.65. The molecule has 0 amide bonds. The van der Waals surface area contributed by atoms with Crippen LogP contribution in [-0.2, 0) is 18.6 Å². The lowest BCUT2D eigenvalue weighted by Gasteiger charge is -2.41. The van der Waals surface area contributed by atoms with Gasteiger partial charge < -0.3 is 18.6 Å². The lowest BCUT2D eigenvalue weighted by Crippen LogP contribution is -2.47. The molecule has 5 heteroatoms. The first kappa shape index (κ1) is 18.4. The van der Waals surface area contributed by atoms with E-state index in [9.17, 15) is 0 Å². The Balaban J connectivity index is 1.76. The zero-order chi connectivity index (χ0) is 16.2. The van der Waals surface area contributed by atoms with Crippen LogP contribution in [0.25, 0.3) is 0 Å². The Bertz CT molecular complexity index is 334. The summed E-state index contributed by atoms with van der Waals surface area (Å²) < 4.78 is 23.8. The summed E-state index contributed by atoms with van der Waals surface area (Å²) in [7, 11) is -1.72. The average molecular weight is 331 g/mol. The molecule has 2 saturated heterocycles. The third-order valence-electron chi connectivity index (χ3n) is 5.18. The average Bonchev–Trinajstić information content (AvgIpc) is 2.45. The highest BCUT2D eigenvalue weighted by atomic mass is 28.4. The van der Waals surface area contributed by atoms with Gasteiger partial charge in [0, 0.05) is 12.5 Å². The summed E-state index contributed by atoms with van der Waals surface area (Å²) in [6.45, 7) is 14.5. The molecule has 0 aromatic rings. The summed E-state index contributed by atoms with van der Waals surface area (Å²) in [5.41, 5.74) is 0. The predicted molar refractivity (Wildman–Crippen MR) is 90.5 cm³/mol. The Hall–Kier alpha value is 0.0569. The fraction of sp³-hybridized carbons (Fsp3) is 1.00. The molecule has 3 unspecified atom stereocenters. The van der Waals surface area contributed by atoms with E-state index in [0.29, 0.717) is 5.92 Å². The molecule has 0 bridgehead atoms. The van der Waals surface area contributed by atoms with Crippen molar-refractivity contribution in [3.05, 3.63) is 0 Å². The van der Waals surface area contributed by atoms with E-state index >= 15 is 0 Å². The lowest BCUT2D eigenvalue weighted by molar-refractivity contribution is -0.177. The molecule has 2 heterocycles. The summed E-state index contributed by atoms with van der Waals surface area (Å²) in [5, 5.41) is 0.242. The van der Waals surface area contributed by atoms with Crippen LogP contribution in [0.1, 0.15) is 46.5 Å². The van der Waals surface area contributed by atoms with Crippen molar-refractivity contribution in [3.8, 4) is 0 Å². The number of ether oxygens (including phenoxy) is 3. The maximum Gasteiger partial charge on any atom is 0.192 e. The Morgan fingerprint density at radius 3 is 2.55 bits per heavy atom. The molecular weight excluding hydrogens is 296 g/mol. The van der Waals surface area contributed by atoms with E-state index in [1.54, 1.807) is 0 Å². The Morgan fingerprint density at radius 2 is 1.91 bits per heavy atom. The van der Waals surface area contributed by atoms with Gasteiger partial charge in [0.25, 0.3) is 0 Å². The van der Waals surface area contributed by atoms with Crippen molar-refractivity contribution in [1.82, 2.24) is 0 Å². The second kappa shape index (κ2) is 7.75. The zero-order valence-corrected chi connectivity index (χ0v) is 16.0. The fourth-order valence-electron chi connectivity index (χ4n) is 2.75. The molecule has 0 aliphatic carbocycles. The van der Waals surface area contributed by atoms with Crippen LogP contribution in [0.2, 0.25) is 18.1 Å². The smallest absolute Gasteiger partial charge is 0.192 e. The van der Waals surface area contributed by atoms with E-state index in [4.69, 9.17) is 18.6 Å². The molecule has 0 saturated carbocycles. The second-order valence-corrected chi connectivity index (χ2v) is 13.0. The van der Waals surface area contributed by atoms with Gasteiger partial charge in [0.2, 0.25) is 0 Å². The van der Waals surface area contributed by atoms with Crippen LogP contribution in [0, 0.1) is 5.92 Å². The van der Waals surface area contributed by atoms with E-state index in [2.05, 4.69) is 33.9 Å². The van der Waals surface area contributed by atoms with Gasteiger partial charge in [-0.15, -0.1) is 0 Å². The molecule has 3 atom stereocenters. The summed E-state index contributed by atoms with van der Waals surface area (Å²) >= 11 is 0. The van der Waals surface area contributed by atoms with Crippen LogP contribution in [0.5, 0.6) is 0 Å². The third kappa shape index (κ3) is 5.30. The quantitative estimate of drug-likeness (QED) is 0.715. The predicted octanol–water partition coefficient (Wildman–Crippen LogP) is 3.96. The molecule has 22 heavy (non-hydrogen) atoms. The molecule has 2 rings (SSSR count). The number of hydrogen-bond donors (Lipinski definition) is 0. The molecule has 0 aromatic carbocycles. The van der Waals surface area contributed by atoms with Crippen molar-refractivity contribution in [3.63, 3.8) is 0 Å². The minimum Gasteiger partial charge on any atom is -0.412 e. The molecule has 2 fully saturated rings. The van der Waals surface area contributed by atoms with Gasteiger partial charge in [-0.1, -0.05) is 20.8 Å². The van der Waals surface area contributed by atoms with Crippen LogP contribution in [0.3, 0.4) is 0 Å². The highest BCUT2D eigenvalue weighted by Crippen LogP contribution is 2.38. The largest absolute Gasteiger partial charge is 0.412 e. The van der Waals surface area contributed by atoms with Crippen LogP contribution < -0.4 is 0 Å². The van der Waals surface area contributed by atoms with Crippen LogP contribution in [-0.4, -0.2) is 47.1 Å². The summed E-state index contributed by atoms with van der Waals surface area (Å²) in [4.78, 5) is 0. The SMILES string of the molecule is CC(C)(C)[Si](C)(C)OC1COCC(COC2CCCCO2)C1. The van der Waals surface area contributed by atoms with Gasteiger partial charge >= 0.3 is 0 Å². The Kier molecular flexibility index (Phi) is 6.48. The van der Waals surface area contributed by atoms with Crippen molar-refractivity contribution < 1.29 is 18.6 Å². The molecule has 4 nitrogen and oxygen atoms in total. The monoisotopic (exact) mass is 330 g/mol. The van der Waals surface area contributed by atoms with Crippen molar-refractivity contribution >= 4 is 8.32 Å². The molecule has 130 valence electrons. The third-order valence-corrected chi connectivity index (χ3v) is 9.71. The van der Waals surface area contributed by atoms with E-state index < -0.39 is 8.32 Å². The second-order valence-electron chi connectivity index (χ2n) is 8.27. The van der Waals surface area contributed by atoms with Gasteiger partial charge in [0.15, 0.2) is 14.6 Å². The molecule has 0 aromatic heterocycles. The van der Waals surface area contributed by atoms with Crippen LogP contribution in [0.15, 0.2) is 0 Å². The minimum atomic E-state index is -1.72. The molecular formula is C17H34O4Si. The van der Waals surface area contributed by atoms with Crippen molar-refractivity contribution in [2.75, 3.05) is 26.4 Å². The van der Waals surface area contributed by atoms with E-state index in [1.807, 2.05) is 0 Å². The lowest BCUT2D eigenvalue weighted by atomic mass is 10.0. The maximum atomic E-state index is 6.49. The maximum absolute atomic E-state index is 6.49. The first-order valence-electron chi connectivity index (χ1n) is 8.77. The first-order chi connectivity index (χ1) is 10.3. The Labute approximate surface area is 137 Å². The van der Waals surface area contributed by atoms with Crippen molar-refractivity contribution in [2.24, 2.45) is 5.92 Å². The van der Waals surface area contributed by atoms with Crippen LogP contribution in [0.4, 0.5) is 0 Å². The highest BCUT2D eigenvalue weighted by molar-refractivity contribution is 6.74. The first-order valence-corrected chi connectivity index (χ1v) is 11.7. The zero-order valence-electron chi connectivity index (χ0n) is 15.0. The summed E-state index contributed by atoms with van der Waals surface area (Å²) in [5.74, 6) is 0.425. The molecule has 0 radical (unpaired) electrons. The molecule has 0 N–H and O–H groups in total. The normalized spacial score (nSPS) is 31.2. The topological polar surface area (TPSA) is 36.9 Å². The standard InChI is InChI=1S/C17H34O4Si/c1-17(2,3)22(4,5)21-15-10-14(11-18-13-15)12-20-16-8-6-7-9-19-16/h14-16H,6-13H2,1-5H3. The molecule has 2 aliphatic heterocycles. The van der Waals surface area contributed by atoms with Gasteiger partial charge in [0.1, 0.15) is 0 Å². The van der Waals surface area contributed by atoms with Gasteiger partial charge in [0.05, 0.1) is 25.9 Å². The van der Waals surface area contributed by atoms with Crippen molar-refractivity contribution in [2.45, 2.75) is 77.0 Å². The van der Waals surface area contributed by atoms with E-state index in [0.717, 1.165) is 45.7 Å².